The second-order valence-corrected chi connectivity index (χ2v) is 6.80. The molecule has 0 bridgehead atoms. The van der Waals surface area contributed by atoms with E-state index in [9.17, 15) is 18.4 Å². The van der Waals surface area contributed by atoms with E-state index in [1.165, 1.54) is 24.1 Å². The minimum Gasteiger partial charge on any atom is -0.472 e. The zero-order valence-corrected chi connectivity index (χ0v) is 16.8. The van der Waals surface area contributed by atoms with Gasteiger partial charge in [-0.1, -0.05) is 12.1 Å². The van der Waals surface area contributed by atoms with Crippen LogP contribution in [0.2, 0.25) is 0 Å². The third-order valence-corrected chi connectivity index (χ3v) is 4.74. The molecule has 6 nitrogen and oxygen atoms in total. The van der Waals surface area contributed by atoms with Crippen molar-refractivity contribution in [3.8, 4) is 5.88 Å². The zero-order chi connectivity index (χ0) is 21.0. The maximum Gasteiger partial charge on any atom is 0.337 e. The summed E-state index contributed by atoms with van der Waals surface area (Å²) >= 11 is 3.15. The standard InChI is InChI=1S/C20H15BrF2N2O4/c1-28-20(27)13-4-2-12(3-5-13)9-25-11-24-18(17(21)19(25)26)29-10-14-6-7-15(22)8-16(14)23/h2-8,11H,9-10H2,1H3. The van der Waals surface area contributed by atoms with E-state index in [1.54, 1.807) is 24.3 Å². The second kappa shape index (κ2) is 8.95. The number of methoxy groups -OCH3 is 1. The Morgan fingerprint density at radius 1 is 1.17 bits per heavy atom. The van der Waals surface area contributed by atoms with Gasteiger partial charge in [0, 0.05) is 11.6 Å². The van der Waals surface area contributed by atoms with Crippen LogP contribution in [-0.2, 0) is 17.9 Å². The molecular weight excluding hydrogens is 450 g/mol. The topological polar surface area (TPSA) is 70.4 Å². The van der Waals surface area contributed by atoms with Crippen molar-refractivity contribution in [2.75, 3.05) is 7.11 Å². The van der Waals surface area contributed by atoms with Gasteiger partial charge in [0.25, 0.3) is 5.56 Å². The van der Waals surface area contributed by atoms with Gasteiger partial charge in [-0.05, 0) is 45.8 Å². The summed E-state index contributed by atoms with van der Waals surface area (Å²) in [7, 11) is 1.30. The van der Waals surface area contributed by atoms with Crippen LogP contribution >= 0.6 is 15.9 Å². The van der Waals surface area contributed by atoms with Crippen LogP contribution in [-0.4, -0.2) is 22.6 Å². The van der Waals surface area contributed by atoms with Crippen LogP contribution < -0.4 is 10.3 Å². The van der Waals surface area contributed by atoms with Crippen LogP contribution in [0, 0.1) is 11.6 Å². The van der Waals surface area contributed by atoms with Gasteiger partial charge in [-0.25, -0.2) is 18.6 Å². The first-order chi connectivity index (χ1) is 13.9. The molecule has 9 heteroatoms. The van der Waals surface area contributed by atoms with E-state index in [0.717, 1.165) is 17.7 Å². The van der Waals surface area contributed by atoms with Gasteiger partial charge in [-0.3, -0.25) is 9.36 Å². The van der Waals surface area contributed by atoms with Crippen molar-refractivity contribution in [1.29, 1.82) is 0 Å². The Kier molecular flexibility index (Phi) is 6.38. The first-order valence-corrected chi connectivity index (χ1v) is 9.17. The van der Waals surface area contributed by atoms with Gasteiger partial charge in [-0.2, -0.15) is 0 Å². The molecular formula is C20H15BrF2N2O4. The van der Waals surface area contributed by atoms with Gasteiger partial charge in [0.2, 0.25) is 5.88 Å². The van der Waals surface area contributed by atoms with Crippen LogP contribution in [0.15, 0.2) is 58.1 Å². The van der Waals surface area contributed by atoms with Gasteiger partial charge in [0.1, 0.15) is 29.0 Å². The van der Waals surface area contributed by atoms with E-state index in [4.69, 9.17) is 4.74 Å². The third kappa shape index (κ3) is 4.86. The largest absolute Gasteiger partial charge is 0.472 e. The first kappa shape index (κ1) is 20.7. The number of ether oxygens (including phenoxy) is 2. The normalized spacial score (nSPS) is 10.6. The fourth-order valence-electron chi connectivity index (χ4n) is 2.51. The molecule has 150 valence electrons. The summed E-state index contributed by atoms with van der Waals surface area (Å²) in [5.74, 6) is -1.88. The van der Waals surface area contributed by atoms with Gasteiger partial charge in [0.15, 0.2) is 0 Å². The van der Waals surface area contributed by atoms with E-state index in [2.05, 4.69) is 25.7 Å². The van der Waals surface area contributed by atoms with Crippen LogP contribution in [0.5, 0.6) is 5.88 Å². The van der Waals surface area contributed by atoms with E-state index in [-0.39, 0.29) is 29.1 Å². The van der Waals surface area contributed by atoms with Crippen molar-refractivity contribution in [2.45, 2.75) is 13.2 Å². The van der Waals surface area contributed by atoms with Crippen molar-refractivity contribution < 1.29 is 23.0 Å². The maximum absolute atomic E-state index is 13.7. The van der Waals surface area contributed by atoms with Crippen molar-refractivity contribution >= 4 is 21.9 Å². The molecule has 0 aliphatic carbocycles. The maximum atomic E-state index is 13.7. The summed E-state index contributed by atoms with van der Waals surface area (Å²) in [5, 5.41) is 0. The molecule has 29 heavy (non-hydrogen) atoms. The van der Waals surface area contributed by atoms with Crippen molar-refractivity contribution in [3.63, 3.8) is 0 Å². The Hall–Kier alpha value is -3.07. The molecule has 0 saturated heterocycles. The molecule has 0 saturated carbocycles. The van der Waals surface area contributed by atoms with Crippen molar-refractivity contribution in [2.24, 2.45) is 0 Å². The Morgan fingerprint density at radius 3 is 2.55 bits per heavy atom. The van der Waals surface area contributed by atoms with Crippen LogP contribution in [0.4, 0.5) is 8.78 Å². The van der Waals surface area contributed by atoms with Crippen molar-refractivity contribution in [1.82, 2.24) is 9.55 Å². The quantitative estimate of drug-likeness (QED) is 0.520. The Labute approximate surface area is 172 Å². The van der Waals surface area contributed by atoms with Gasteiger partial charge in [0.05, 0.1) is 19.2 Å². The molecule has 1 aromatic heterocycles. The lowest BCUT2D eigenvalue weighted by Crippen LogP contribution is -2.22. The fraction of sp³-hybridized carbons (Fsp3) is 0.150. The van der Waals surface area contributed by atoms with Crippen LogP contribution in [0.25, 0.3) is 0 Å². The lowest BCUT2D eigenvalue weighted by atomic mass is 10.1. The molecule has 0 aliphatic heterocycles. The summed E-state index contributed by atoms with van der Waals surface area (Å²) in [4.78, 5) is 28.1. The first-order valence-electron chi connectivity index (χ1n) is 8.38. The van der Waals surface area contributed by atoms with Crippen molar-refractivity contribution in [3.05, 3.63) is 91.9 Å². The Balaban J connectivity index is 1.73. The summed E-state index contributed by atoms with van der Waals surface area (Å²) in [6, 6.07) is 9.74. The molecule has 0 radical (unpaired) electrons. The number of halogens is 3. The predicted molar refractivity (Wildman–Crippen MR) is 104 cm³/mol. The number of hydrogen-bond donors (Lipinski definition) is 0. The summed E-state index contributed by atoms with van der Waals surface area (Å²) in [6.07, 6.45) is 1.30. The number of esters is 1. The van der Waals surface area contributed by atoms with Crippen LogP contribution in [0.1, 0.15) is 21.5 Å². The lowest BCUT2D eigenvalue weighted by molar-refractivity contribution is 0.0600. The molecule has 3 rings (SSSR count). The predicted octanol–water partition coefficient (Wildman–Crippen LogP) is 3.70. The molecule has 0 amide bonds. The molecule has 0 spiro atoms. The molecule has 0 fully saturated rings. The summed E-state index contributed by atoms with van der Waals surface area (Å²) in [6.45, 7) is 0.00884. The summed E-state index contributed by atoms with van der Waals surface area (Å²) < 4.78 is 38.1. The molecule has 0 N–H and O–H groups in total. The highest BCUT2D eigenvalue weighted by molar-refractivity contribution is 9.10. The number of nitrogens with zero attached hydrogens (tertiary/aromatic N) is 2. The highest BCUT2D eigenvalue weighted by Crippen LogP contribution is 2.20. The average molecular weight is 465 g/mol. The number of benzene rings is 2. The van der Waals surface area contributed by atoms with Gasteiger partial charge in [-0.15, -0.1) is 0 Å². The molecule has 0 atom stereocenters. The Bertz CT molecular complexity index is 1100. The number of aromatic nitrogens is 2. The number of rotatable bonds is 6. The monoisotopic (exact) mass is 464 g/mol. The average Bonchev–Trinajstić information content (AvgIpc) is 2.72. The Morgan fingerprint density at radius 2 is 1.90 bits per heavy atom. The van der Waals surface area contributed by atoms with E-state index >= 15 is 0 Å². The molecule has 0 aliphatic rings. The second-order valence-electron chi connectivity index (χ2n) is 6.01. The smallest absolute Gasteiger partial charge is 0.337 e. The molecule has 3 aromatic rings. The van der Waals surface area contributed by atoms with E-state index in [1.807, 2.05) is 0 Å². The number of hydrogen-bond acceptors (Lipinski definition) is 5. The molecule has 0 unspecified atom stereocenters. The SMILES string of the molecule is COC(=O)c1ccc(Cn2cnc(OCc3ccc(F)cc3F)c(Br)c2=O)cc1. The van der Waals surface area contributed by atoms with Crippen LogP contribution in [0.3, 0.4) is 0 Å². The number of carbonyl (C=O) groups is 1. The molecule has 2 aromatic carbocycles. The van der Waals surface area contributed by atoms with E-state index < -0.39 is 23.2 Å². The van der Waals surface area contributed by atoms with E-state index in [0.29, 0.717) is 5.56 Å². The van der Waals surface area contributed by atoms with Gasteiger partial charge >= 0.3 is 5.97 Å². The fourth-order valence-corrected chi connectivity index (χ4v) is 2.95. The van der Waals surface area contributed by atoms with Gasteiger partial charge < -0.3 is 9.47 Å². The minimum atomic E-state index is -0.745. The third-order valence-electron chi connectivity index (χ3n) is 4.06. The number of carbonyl (C=O) groups excluding carboxylic acids is 1. The summed E-state index contributed by atoms with van der Waals surface area (Å²) in [5.41, 5.74) is 0.914. The zero-order valence-electron chi connectivity index (χ0n) is 15.2. The molecule has 1 heterocycles. The highest BCUT2D eigenvalue weighted by atomic mass is 79.9. The lowest BCUT2D eigenvalue weighted by Gasteiger charge is -2.11. The minimum absolute atomic E-state index is 0.00369. The highest BCUT2D eigenvalue weighted by Gasteiger charge is 2.13.